The third kappa shape index (κ3) is 3.92. The standard InChI is InChI=1S/C24H28N2O3/c1-17-7-3-5-9-19(17)21-15-26(23(27)20-10-6-4-8-18(20)2)16-22(21)24(28)25-11-13-29-14-12-25/h3-10,21-22H,11-16H2,1-2H3/t21-,22-/m1/s1. The Morgan fingerprint density at radius 3 is 2.21 bits per heavy atom. The number of nitrogens with zero attached hydrogens (tertiary/aromatic N) is 2. The van der Waals surface area contributed by atoms with Crippen LogP contribution in [0.1, 0.15) is 33.0 Å². The first-order chi connectivity index (χ1) is 14.1. The zero-order chi connectivity index (χ0) is 20.4. The molecule has 2 saturated heterocycles. The van der Waals surface area contributed by atoms with Gasteiger partial charge in [0.2, 0.25) is 5.91 Å². The van der Waals surface area contributed by atoms with Crippen LogP contribution in [0.15, 0.2) is 48.5 Å². The van der Waals surface area contributed by atoms with Gasteiger partial charge in [-0.2, -0.15) is 0 Å². The molecule has 2 aromatic carbocycles. The summed E-state index contributed by atoms with van der Waals surface area (Å²) in [7, 11) is 0. The average Bonchev–Trinajstić information content (AvgIpc) is 3.19. The Morgan fingerprint density at radius 1 is 0.862 bits per heavy atom. The highest BCUT2D eigenvalue weighted by molar-refractivity contribution is 5.96. The first-order valence-electron chi connectivity index (χ1n) is 10.3. The molecule has 5 heteroatoms. The molecular formula is C24H28N2O3. The lowest BCUT2D eigenvalue weighted by Crippen LogP contribution is -2.45. The maximum Gasteiger partial charge on any atom is 0.254 e. The Kier molecular flexibility index (Phi) is 5.67. The summed E-state index contributed by atoms with van der Waals surface area (Å²) in [6.07, 6.45) is 0. The Morgan fingerprint density at radius 2 is 1.52 bits per heavy atom. The van der Waals surface area contributed by atoms with Crippen molar-refractivity contribution in [2.24, 2.45) is 5.92 Å². The molecule has 0 saturated carbocycles. The molecule has 2 amide bonds. The topological polar surface area (TPSA) is 49.9 Å². The minimum absolute atomic E-state index is 0.0129. The average molecular weight is 392 g/mol. The molecule has 0 aliphatic carbocycles. The summed E-state index contributed by atoms with van der Waals surface area (Å²) in [5.41, 5.74) is 4.02. The number of aryl methyl sites for hydroxylation is 2. The highest BCUT2D eigenvalue weighted by atomic mass is 16.5. The second kappa shape index (κ2) is 8.37. The third-order valence-corrected chi connectivity index (χ3v) is 6.21. The van der Waals surface area contributed by atoms with Gasteiger partial charge in [-0.05, 0) is 36.6 Å². The van der Waals surface area contributed by atoms with Crippen LogP contribution in [-0.4, -0.2) is 61.0 Å². The Bertz CT molecular complexity index is 905. The monoisotopic (exact) mass is 392 g/mol. The van der Waals surface area contributed by atoms with Gasteiger partial charge in [-0.15, -0.1) is 0 Å². The van der Waals surface area contributed by atoms with Crippen LogP contribution in [0.5, 0.6) is 0 Å². The van der Waals surface area contributed by atoms with Gasteiger partial charge in [0.1, 0.15) is 0 Å². The third-order valence-electron chi connectivity index (χ3n) is 6.21. The fourth-order valence-electron chi connectivity index (χ4n) is 4.54. The van der Waals surface area contributed by atoms with Crippen LogP contribution >= 0.6 is 0 Å². The second-order valence-electron chi connectivity index (χ2n) is 8.03. The quantitative estimate of drug-likeness (QED) is 0.807. The fraction of sp³-hybridized carbons (Fsp3) is 0.417. The number of morpholine rings is 1. The maximum atomic E-state index is 13.4. The molecule has 0 aromatic heterocycles. The van der Waals surface area contributed by atoms with Crippen LogP contribution in [0.25, 0.3) is 0 Å². The Balaban J connectivity index is 1.64. The first-order valence-corrected chi connectivity index (χ1v) is 10.3. The van der Waals surface area contributed by atoms with Crippen LogP contribution in [0.3, 0.4) is 0 Å². The summed E-state index contributed by atoms with van der Waals surface area (Å²) in [6, 6.07) is 15.9. The van der Waals surface area contributed by atoms with Crippen molar-refractivity contribution in [3.05, 3.63) is 70.8 Å². The SMILES string of the molecule is Cc1ccccc1C(=O)N1C[C@H](c2ccccc2C)[C@H](C(=O)N2CCOCC2)C1. The van der Waals surface area contributed by atoms with Gasteiger partial charge in [0, 0.05) is 37.7 Å². The van der Waals surface area contributed by atoms with Crippen molar-refractivity contribution in [3.63, 3.8) is 0 Å². The van der Waals surface area contributed by atoms with Gasteiger partial charge in [-0.25, -0.2) is 0 Å². The normalized spacial score (nSPS) is 22.0. The molecular weight excluding hydrogens is 364 g/mol. The number of amides is 2. The van der Waals surface area contributed by atoms with Crippen LogP contribution < -0.4 is 0 Å². The molecule has 2 atom stereocenters. The number of rotatable bonds is 3. The van der Waals surface area contributed by atoms with Crippen molar-refractivity contribution < 1.29 is 14.3 Å². The van der Waals surface area contributed by atoms with Crippen LogP contribution in [-0.2, 0) is 9.53 Å². The Hall–Kier alpha value is -2.66. The van der Waals surface area contributed by atoms with Gasteiger partial charge in [0.15, 0.2) is 0 Å². The number of hydrogen-bond acceptors (Lipinski definition) is 3. The largest absolute Gasteiger partial charge is 0.378 e. The minimum atomic E-state index is -0.220. The molecule has 0 radical (unpaired) electrons. The molecule has 2 heterocycles. The molecule has 2 fully saturated rings. The molecule has 0 bridgehead atoms. The van der Waals surface area contributed by atoms with E-state index in [1.165, 1.54) is 11.1 Å². The number of benzene rings is 2. The highest BCUT2D eigenvalue weighted by Crippen LogP contribution is 2.36. The summed E-state index contributed by atoms with van der Waals surface area (Å²) < 4.78 is 5.42. The van der Waals surface area contributed by atoms with E-state index in [0.29, 0.717) is 39.4 Å². The van der Waals surface area contributed by atoms with Gasteiger partial charge in [0.05, 0.1) is 19.1 Å². The second-order valence-corrected chi connectivity index (χ2v) is 8.03. The van der Waals surface area contributed by atoms with E-state index in [0.717, 1.165) is 11.1 Å². The van der Waals surface area contributed by atoms with E-state index in [9.17, 15) is 9.59 Å². The van der Waals surface area contributed by atoms with Crippen molar-refractivity contribution in [1.82, 2.24) is 9.80 Å². The number of carbonyl (C=O) groups is 2. The van der Waals surface area contributed by atoms with E-state index in [1.54, 1.807) is 0 Å². The predicted molar refractivity (Wildman–Crippen MR) is 112 cm³/mol. The molecule has 5 nitrogen and oxygen atoms in total. The van der Waals surface area contributed by atoms with E-state index in [-0.39, 0.29) is 23.7 Å². The van der Waals surface area contributed by atoms with Gasteiger partial charge in [-0.3, -0.25) is 9.59 Å². The van der Waals surface area contributed by atoms with Gasteiger partial charge in [0.25, 0.3) is 5.91 Å². The van der Waals surface area contributed by atoms with Crippen LogP contribution in [0.4, 0.5) is 0 Å². The van der Waals surface area contributed by atoms with E-state index >= 15 is 0 Å². The smallest absolute Gasteiger partial charge is 0.254 e. The summed E-state index contributed by atoms with van der Waals surface area (Å²) in [5.74, 6) is -0.0534. The number of carbonyl (C=O) groups excluding carboxylic acids is 2. The van der Waals surface area contributed by atoms with Crippen LogP contribution in [0, 0.1) is 19.8 Å². The molecule has 2 aliphatic heterocycles. The lowest BCUT2D eigenvalue weighted by atomic mass is 9.85. The summed E-state index contributed by atoms with van der Waals surface area (Å²) in [4.78, 5) is 30.4. The van der Waals surface area contributed by atoms with Gasteiger partial charge >= 0.3 is 0 Å². The molecule has 0 N–H and O–H groups in total. The lowest BCUT2D eigenvalue weighted by molar-refractivity contribution is -0.139. The van der Waals surface area contributed by atoms with Crippen molar-refractivity contribution in [1.29, 1.82) is 0 Å². The lowest BCUT2D eigenvalue weighted by Gasteiger charge is -2.31. The summed E-state index contributed by atoms with van der Waals surface area (Å²) in [6.45, 7) is 7.48. The molecule has 29 heavy (non-hydrogen) atoms. The van der Waals surface area contributed by atoms with E-state index in [2.05, 4.69) is 19.1 Å². The van der Waals surface area contributed by atoms with Crippen molar-refractivity contribution in [2.45, 2.75) is 19.8 Å². The Labute approximate surface area is 172 Å². The number of likely N-dealkylation sites (tertiary alicyclic amines) is 1. The van der Waals surface area contributed by atoms with Crippen LogP contribution in [0.2, 0.25) is 0 Å². The van der Waals surface area contributed by atoms with E-state index in [1.807, 2.05) is 53.1 Å². The van der Waals surface area contributed by atoms with E-state index < -0.39 is 0 Å². The minimum Gasteiger partial charge on any atom is -0.378 e. The molecule has 0 unspecified atom stereocenters. The molecule has 2 aromatic rings. The summed E-state index contributed by atoms with van der Waals surface area (Å²) >= 11 is 0. The highest BCUT2D eigenvalue weighted by Gasteiger charge is 2.43. The van der Waals surface area contributed by atoms with Crippen molar-refractivity contribution in [2.75, 3.05) is 39.4 Å². The zero-order valence-corrected chi connectivity index (χ0v) is 17.1. The van der Waals surface area contributed by atoms with E-state index in [4.69, 9.17) is 4.74 Å². The number of hydrogen-bond donors (Lipinski definition) is 0. The van der Waals surface area contributed by atoms with Crippen molar-refractivity contribution in [3.8, 4) is 0 Å². The zero-order valence-electron chi connectivity index (χ0n) is 17.1. The molecule has 0 spiro atoms. The first kappa shape index (κ1) is 19.6. The molecule has 2 aliphatic rings. The molecule has 4 rings (SSSR count). The van der Waals surface area contributed by atoms with Gasteiger partial charge in [-0.1, -0.05) is 42.5 Å². The maximum absolute atomic E-state index is 13.4. The molecule has 152 valence electrons. The van der Waals surface area contributed by atoms with Crippen molar-refractivity contribution >= 4 is 11.8 Å². The summed E-state index contributed by atoms with van der Waals surface area (Å²) in [5, 5.41) is 0. The fourth-order valence-corrected chi connectivity index (χ4v) is 4.54. The predicted octanol–water partition coefficient (Wildman–Crippen LogP) is 3.02. The number of ether oxygens (including phenoxy) is 1. The van der Waals surface area contributed by atoms with Gasteiger partial charge < -0.3 is 14.5 Å².